The number of aromatic nitrogens is 3. The summed E-state index contributed by atoms with van der Waals surface area (Å²) in [7, 11) is 0. The molecule has 5 heteroatoms. The first kappa shape index (κ1) is 12.3. The van der Waals surface area contributed by atoms with E-state index in [0.29, 0.717) is 0 Å². The van der Waals surface area contributed by atoms with E-state index in [-0.39, 0.29) is 6.04 Å². The minimum atomic E-state index is 0.0163. The van der Waals surface area contributed by atoms with Crippen LogP contribution >= 0.6 is 11.3 Å². The highest BCUT2D eigenvalue weighted by atomic mass is 32.1. The summed E-state index contributed by atoms with van der Waals surface area (Å²) in [6.45, 7) is 7.00. The van der Waals surface area contributed by atoms with Crippen LogP contribution in [-0.2, 0) is 13.0 Å². The molecule has 0 aliphatic heterocycles. The third-order valence-electron chi connectivity index (χ3n) is 2.72. The minimum absolute atomic E-state index is 0.0163. The number of nitrogens with zero attached hydrogens (tertiary/aromatic N) is 3. The van der Waals surface area contributed by atoms with E-state index in [1.807, 2.05) is 24.7 Å². The van der Waals surface area contributed by atoms with Crippen LogP contribution in [0.4, 0.5) is 0 Å². The monoisotopic (exact) mass is 250 g/mol. The highest BCUT2D eigenvalue weighted by Crippen LogP contribution is 2.22. The van der Waals surface area contributed by atoms with Crippen LogP contribution in [-0.4, -0.2) is 14.8 Å². The Balaban J connectivity index is 2.14. The van der Waals surface area contributed by atoms with E-state index >= 15 is 0 Å². The molecule has 0 saturated heterocycles. The van der Waals surface area contributed by atoms with Crippen molar-refractivity contribution in [3.8, 4) is 0 Å². The van der Waals surface area contributed by atoms with Crippen molar-refractivity contribution in [3.63, 3.8) is 0 Å². The van der Waals surface area contributed by atoms with E-state index in [1.165, 1.54) is 5.69 Å². The van der Waals surface area contributed by atoms with Crippen LogP contribution in [0.1, 0.15) is 34.2 Å². The summed E-state index contributed by atoms with van der Waals surface area (Å²) in [6, 6.07) is 2.12. The summed E-state index contributed by atoms with van der Waals surface area (Å²) >= 11 is 1.67. The van der Waals surface area contributed by atoms with Crippen molar-refractivity contribution in [1.82, 2.24) is 14.8 Å². The molecule has 0 radical (unpaired) electrons. The SMILES string of the molecule is CCn1nc(C)cc1CC(N)c1cnc(C)s1. The van der Waals surface area contributed by atoms with Gasteiger partial charge in [0.1, 0.15) is 0 Å². The lowest BCUT2D eigenvalue weighted by Gasteiger charge is -2.10. The van der Waals surface area contributed by atoms with Gasteiger partial charge in [-0.15, -0.1) is 11.3 Å². The molecule has 0 fully saturated rings. The standard InChI is InChI=1S/C12H18N4S/c1-4-16-10(5-8(2)15-16)6-11(13)12-7-14-9(3)17-12/h5,7,11H,4,6,13H2,1-3H3. The number of aryl methyl sites for hydroxylation is 3. The van der Waals surface area contributed by atoms with Crippen LogP contribution in [0, 0.1) is 13.8 Å². The van der Waals surface area contributed by atoms with Gasteiger partial charge in [0.05, 0.1) is 10.7 Å². The van der Waals surface area contributed by atoms with E-state index in [1.54, 1.807) is 11.3 Å². The predicted octanol–water partition coefficient (Wildman–Crippen LogP) is 2.22. The molecule has 2 rings (SSSR count). The molecule has 0 aromatic carbocycles. The molecule has 0 aliphatic rings. The van der Waals surface area contributed by atoms with Crippen LogP contribution in [0.2, 0.25) is 0 Å². The Bertz CT molecular complexity index is 500. The molecule has 2 N–H and O–H groups in total. The van der Waals surface area contributed by atoms with Gasteiger partial charge in [0.15, 0.2) is 0 Å². The van der Waals surface area contributed by atoms with Gasteiger partial charge in [0.25, 0.3) is 0 Å². The third-order valence-corrected chi connectivity index (χ3v) is 3.76. The van der Waals surface area contributed by atoms with Crippen LogP contribution < -0.4 is 5.73 Å². The molecule has 0 spiro atoms. The van der Waals surface area contributed by atoms with Crippen LogP contribution in [0.15, 0.2) is 12.3 Å². The second-order valence-electron chi connectivity index (χ2n) is 4.19. The zero-order valence-electron chi connectivity index (χ0n) is 10.5. The Morgan fingerprint density at radius 3 is 2.82 bits per heavy atom. The van der Waals surface area contributed by atoms with Gasteiger partial charge in [-0.1, -0.05) is 0 Å². The number of hydrogen-bond acceptors (Lipinski definition) is 4. The summed E-state index contributed by atoms with van der Waals surface area (Å²) in [4.78, 5) is 5.39. The van der Waals surface area contributed by atoms with E-state index in [4.69, 9.17) is 5.73 Å². The molecule has 17 heavy (non-hydrogen) atoms. The maximum atomic E-state index is 6.20. The molecule has 92 valence electrons. The average Bonchev–Trinajstić information content (AvgIpc) is 2.85. The fourth-order valence-corrected chi connectivity index (χ4v) is 2.70. The Hall–Kier alpha value is -1.20. The van der Waals surface area contributed by atoms with Gasteiger partial charge in [-0.3, -0.25) is 4.68 Å². The number of rotatable bonds is 4. The summed E-state index contributed by atoms with van der Waals surface area (Å²) in [5, 5.41) is 5.50. The third kappa shape index (κ3) is 2.73. The molecule has 2 heterocycles. The first-order chi connectivity index (χ1) is 8.10. The normalized spacial score (nSPS) is 12.9. The van der Waals surface area contributed by atoms with Crippen LogP contribution in [0.25, 0.3) is 0 Å². The van der Waals surface area contributed by atoms with Gasteiger partial charge in [0, 0.05) is 35.8 Å². The van der Waals surface area contributed by atoms with Gasteiger partial charge in [-0.05, 0) is 26.8 Å². The molecule has 2 aromatic heterocycles. The van der Waals surface area contributed by atoms with E-state index in [0.717, 1.165) is 28.5 Å². The number of hydrogen-bond donors (Lipinski definition) is 1. The highest BCUT2D eigenvalue weighted by Gasteiger charge is 2.13. The number of thiazole rings is 1. The highest BCUT2D eigenvalue weighted by molar-refractivity contribution is 7.11. The molecule has 4 nitrogen and oxygen atoms in total. The van der Waals surface area contributed by atoms with Gasteiger partial charge >= 0.3 is 0 Å². The maximum absolute atomic E-state index is 6.20. The fourth-order valence-electron chi connectivity index (χ4n) is 1.91. The predicted molar refractivity (Wildman–Crippen MR) is 70.1 cm³/mol. The van der Waals surface area contributed by atoms with Crippen molar-refractivity contribution >= 4 is 11.3 Å². The largest absolute Gasteiger partial charge is 0.323 e. The molecule has 0 bridgehead atoms. The molecule has 1 unspecified atom stereocenters. The molecule has 0 amide bonds. The topological polar surface area (TPSA) is 56.7 Å². The van der Waals surface area contributed by atoms with Crippen LogP contribution in [0.5, 0.6) is 0 Å². The van der Waals surface area contributed by atoms with Gasteiger partial charge < -0.3 is 5.73 Å². The van der Waals surface area contributed by atoms with Crippen molar-refractivity contribution in [3.05, 3.63) is 33.5 Å². The van der Waals surface area contributed by atoms with Crippen molar-refractivity contribution in [2.75, 3.05) is 0 Å². The average molecular weight is 250 g/mol. The lowest BCUT2D eigenvalue weighted by molar-refractivity contribution is 0.590. The Morgan fingerprint density at radius 2 is 2.24 bits per heavy atom. The second kappa shape index (κ2) is 4.98. The summed E-state index contributed by atoms with van der Waals surface area (Å²) < 4.78 is 2.02. The molecular weight excluding hydrogens is 232 g/mol. The van der Waals surface area contributed by atoms with Crippen LogP contribution in [0.3, 0.4) is 0 Å². The Morgan fingerprint density at radius 1 is 1.47 bits per heavy atom. The Kier molecular flexibility index (Phi) is 3.59. The molecule has 2 aromatic rings. The van der Waals surface area contributed by atoms with E-state index in [2.05, 4.69) is 23.1 Å². The molecule has 0 saturated carbocycles. The van der Waals surface area contributed by atoms with Crippen molar-refractivity contribution in [2.45, 2.75) is 39.8 Å². The number of nitrogens with two attached hydrogens (primary N) is 1. The zero-order valence-corrected chi connectivity index (χ0v) is 11.3. The molecular formula is C12H18N4S. The fraction of sp³-hybridized carbons (Fsp3) is 0.500. The molecule has 1 atom stereocenters. The summed E-state index contributed by atoms with van der Waals surface area (Å²) in [5.74, 6) is 0. The first-order valence-corrected chi connectivity index (χ1v) is 6.63. The van der Waals surface area contributed by atoms with Gasteiger partial charge in [-0.2, -0.15) is 5.10 Å². The van der Waals surface area contributed by atoms with Gasteiger partial charge in [-0.25, -0.2) is 4.98 Å². The second-order valence-corrected chi connectivity index (χ2v) is 5.45. The summed E-state index contributed by atoms with van der Waals surface area (Å²) in [6.07, 6.45) is 2.69. The van der Waals surface area contributed by atoms with Gasteiger partial charge in [0.2, 0.25) is 0 Å². The Labute approximate surface area is 105 Å². The lowest BCUT2D eigenvalue weighted by Crippen LogP contribution is -2.15. The van der Waals surface area contributed by atoms with Crippen molar-refractivity contribution in [1.29, 1.82) is 0 Å². The smallest absolute Gasteiger partial charge is 0.0897 e. The summed E-state index contributed by atoms with van der Waals surface area (Å²) in [5.41, 5.74) is 8.45. The quantitative estimate of drug-likeness (QED) is 0.905. The van der Waals surface area contributed by atoms with E-state index < -0.39 is 0 Å². The first-order valence-electron chi connectivity index (χ1n) is 5.81. The maximum Gasteiger partial charge on any atom is 0.0897 e. The zero-order chi connectivity index (χ0) is 12.4. The van der Waals surface area contributed by atoms with Crippen molar-refractivity contribution < 1.29 is 0 Å². The minimum Gasteiger partial charge on any atom is -0.323 e. The molecule has 0 aliphatic carbocycles. The lowest BCUT2D eigenvalue weighted by atomic mass is 10.1. The van der Waals surface area contributed by atoms with Crippen molar-refractivity contribution in [2.24, 2.45) is 5.73 Å². The van der Waals surface area contributed by atoms with E-state index in [9.17, 15) is 0 Å².